The number of rotatable bonds is 62. The molecule has 0 aromatic carbocycles. The quantitative estimate of drug-likeness (QED) is 0.0261. The normalized spacial score (nSPS) is 12.3. The second-order valence-electron chi connectivity index (χ2n) is 22.7. The molecule has 0 heterocycles. The van der Waals surface area contributed by atoms with Gasteiger partial charge in [-0.2, -0.15) is 0 Å². The lowest BCUT2D eigenvalue weighted by atomic mass is 10.0. The Hall–Kier alpha value is -2.63. The van der Waals surface area contributed by atoms with E-state index in [2.05, 4.69) is 69.4 Å². The largest absolute Gasteiger partial charge is 0.462 e. The standard InChI is InChI=1S/C70H128O6/c1-4-7-10-13-16-19-22-25-28-30-32-33-34-35-36-37-38-40-42-45-48-51-54-57-60-63-69(72)75-66-67(65-74-68(71)62-59-56-53-50-47-44-41-27-24-21-18-15-12-9-6-3)76-70(73)64-61-58-55-52-49-46-43-39-31-29-26-23-20-17-14-11-8-5-2/h9,12,18,21,27,29,31,41,67H,4-8,10-11,13-17,19-20,22-26,28,30,32-40,42-66H2,1-3H3/b12-9-,21-18-,31-29-,41-27-. The zero-order valence-electron chi connectivity index (χ0n) is 51.0. The minimum absolute atomic E-state index is 0.0767. The van der Waals surface area contributed by atoms with Crippen LogP contribution in [0.15, 0.2) is 48.6 Å². The Morgan fingerprint density at radius 3 is 0.816 bits per heavy atom. The van der Waals surface area contributed by atoms with Gasteiger partial charge in [-0.05, 0) is 77.0 Å². The summed E-state index contributed by atoms with van der Waals surface area (Å²) in [6.45, 7) is 6.57. The fourth-order valence-corrected chi connectivity index (χ4v) is 10.0. The third kappa shape index (κ3) is 62.2. The number of carbonyl (C=O) groups excluding carboxylic acids is 3. The van der Waals surface area contributed by atoms with Crippen molar-refractivity contribution in [2.75, 3.05) is 13.2 Å². The number of hydrogen-bond acceptors (Lipinski definition) is 6. The van der Waals surface area contributed by atoms with E-state index in [0.29, 0.717) is 19.3 Å². The van der Waals surface area contributed by atoms with Crippen LogP contribution in [0.25, 0.3) is 0 Å². The molecule has 0 N–H and O–H groups in total. The molecule has 0 spiro atoms. The predicted molar refractivity (Wildman–Crippen MR) is 330 cm³/mol. The number of ether oxygens (including phenoxy) is 3. The molecule has 0 rings (SSSR count). The van der Waals surface area contributed by atoms with Crippen molar-refractivity contribution in [2.45, 2.75) is 367 Å². The first-order valence-electron chi connectivity index (χ1n) is 33.6. The van der Waals surface area contributed by atoms with E-state index in [1.165, 1.54) is 225 Å². The first kappa shape index (κ1) is 73.4. The van der Waals surface area contributed by atoms with Gasteiger partial charge < -0.3 is 14.2 Å². The Labute approximate surface area is 473 Å². The van der Waals surface area contributed by atoms with Gasteiger partial charge in [0.25, 0.3) is 0 Å². The van der Waals surface area contributed by atoms with Crippen LogP contribution in [0.5, 0.6) is 0 Å². The lowest BCUT2D eigenvalue weighted by Crippen LogP contribution is -2.30. The minimum Gasteiger partial charge on any atom is -0.462 e. The lowest BCUT2D eigenvalue weighted by Gasteiger charge is -2.18. The second-order valence-corrected chi connectivity index (χ2v) is 22.7. The molecular weight excluding hydrogens is 937 g/mol. The Morgan fingerprint density at radius 1 is 0.276 bits per heavy atom. The minimum atomic E-state index is -0.782. The molecule has 0 radical (unpaired) electrons. The first-order chi connectivity index (χ1) is 37.5. The van der Waals surface area contributed by atoms with Crippen LogP contribution in [0, 0.1) is 0 Å². The highest BCUT2D eigenvalue weighted by Gasteiger charge is 2.19. The number of hydrogen-bond donors (Lipinski definition) is 0. The molecule has 0 aromatic heterocycles. The maximum atomic E-state index is 12.9. The van der Waals surface area contributed by atoms with E-state index in [1.54, 1.807) is 0 Å². The van der Waals surface area contributed by atoms with Crippen molar-refractivity contribution in [3.05, 3.63) is 48.6 Å². The van der Waals surface area contributed by atoms with Crippen molar-refractivity contribution in [3.8, 4) is 0 Å². The Bertz CT molecular complexity index is 1310. The first-order valence-corrected chi connectivity index (χ1v) is 33.6. The zero-order chi connectivity index (χ0) is 55.0. The summed E-state index contributed by atoms with van der Waals surface area (Å²) in [4.78, 5) is 38.4. The Kier molecular flexibility index (Phi) is 62.6. The molecule has 0 aliphatic heterocycles. The van der Waals surface area contributed by atoms with E-state index in [9.17, 15) is 14.4 Å². The van der Waals surface area contributed by atoms with Gasteiger partial charge in [-0.15, -0.1) is 0 Å². The fourth-order valence-electron chi connectivity index (χ4n) is 10.0. The van der Waals surface area contributed by atoms with Crippen LogP contribution in [0.3, 0.4) is 0 Å². The van der Waals surface area contributed by atoms with E-state index in [-0.39, 0.29) is 31.1 Å². The van der Waals surface area contributed by atoms with Crippen molar-refractivity contribution in [3.63, 3.8) is 0 Å². The highest BCUT2D eigenvalue weighted by atomic mass is 16.6. The topological polar surface area (TPSA) is 78.9 Å². The van der Waals surface area contributed by atoms with Gasteiger partial charge in [0.1, 0.15) is 13.2 Å². The van der Waals surface area contributed by atoms with Gasteiger partial charge in [-0.25, -0.2) is 0 Å². The van der Waals surface area contributed by atoms with Crippen LogP contribution in [0.1, 0.15) is 361 Å². The summed E-state index contributed by atoms with van der Waals surface area (Å²) < 4.78 is 16.9. The summed E-state index contributed by atoms with van der Waals surface area (Å²) >= 11 is 0. The summed E-state index contributed by atoms with van der Waals surface area (Å²) in [6, 6.07) is 0. The summed E-state index contributed by atoms with van der Waals surface area (Å²) in [5.41, 5.74) is 0. The molecule has 1 unspecified atom stereocenters. The van der Waals surface area contributed by atoms with E-state index in [4.69, 9.17) is 14.2 Å². The molecule has 444 valence electrons. The molecular formula is C70H128O6. The average Bonchev–Trinajstić information content (AvgIpc) is 3.42. The third-order valence-electron chi connectivity index (χ3n) is 15.1. The third-order valence-corrected chi connectivity index (χ3v) is 15.1. The van der Waals surface area contributed by atoms with Gasteiger partial charge in [-0.1, -0.05) is 313 Å². The van der Waals surface area contributed by atoms with Crippen LogP contribution in [-0.4, -0.2) is 37.2 Å². The van der Waals surface area contributed by atoms with Gasteiger partial charge >= 0.3 is 17.9 Å². The van der Waals surface area contributed by atoms with Crippen molar-refractivity contribution in [1.29, 1.82) is 0 Å². The number of allylic oxidation sites excluding steroid dienone is 8. The van der Waals surface area contributed by atoms with Gasteiger partial charge in [0, 0.05) is 19.3 Å². The van der Waals surface area contributed by atoms with Crippen LogP contribution in [0.4, 0.5) is 0 Å². The van der Waals surface area contributed by atoms with Gasteiger partial charge in [0.05, 0.1) is 0 Å². The Balaban J connectivity index is 4.27. The summed E-state index contributed by atoms with van der Waals surface area (Å²) in [7, 11) is 0. The van der Waals surface area contributed by atoms with Gasteiger partial charge in [0.2, 0.25) is 0 Å². The highest BCUT2D eigenvalue weighted by Crippen LogP contribution is 2.18. The van der Waals surface area contributed by atoms with E-state index >= 15 is 0 Å². The van der Waals surface area contributed by atoms with Crippen LogP contribution in [-0.2, 0) is 28.6 Å². The average molecular weight is 1070 g/mol. The maximum absolute atomic E-state index is 12.9. The summed E-state index contributed by atoms with van der Waals surface area (Å²) in [6.07, 6.45) is 81.3. The molecule has 0 fully saturated rings. The molecule has 76 heavy (non-hydrogen) atoms. The Morgan fingerprint density at radius 2 is 0.513 bits per heavy atom. The molecule has 0 aromatic rings. The highest BCUT2D eigenvalue weighted by molar-refractivity contribution is 5.71. The number of unbranched alkanes of at least 4 members (excludes halogenated alkanes) is 43. The molecule has 6 nitrogen and oxygen atoms in total. The van der Waals surface area contributed by atoms with Crippen molar-refractivity contribution in [1.82, 2.24) is 0 Å². The zero-order valence-corrected chi connectivity index (χ0v) is 51.0. The van der Waals surface area contributed by atoms with Crippen LogP contribution < -0.4 is 0 Å². The van der Waals surface area contributed by atoms with Crippen molar-refractivity contribution in [2.24, 2.45) is 0 Å². The summed E-state index contributed by atoms with van der Waals surface area (Å²) in [5, 5.41) is 0. The number of esters is 3. The second kappa shape index (κ2) is 64.9. The fraction of sp³-hybridized carbons (Fsp3) is 0.843. The molecule has 0 bridgehead atoms. The molecule has 0 saturated heterocycles. The van der Waals surface area contributed by atoms with Crippen molar-refractivity contribution < 1.29 is 28.6 Å². The van der Waals surface area contributed by atoms with E-state index in [1.807, 2.05) is 0 Å². The smallest absolute Gasteiger partial charge is 0.306 e. The lowest BCUT2D eigenvalue weighted by molar-refractivity contribution is -0.167. The molecule has 0 amide bonds. The van der Waals surface area contributed by atoms with Crippen LogP contribution in [0.2, 0.25) is 0 Å². The summed E-state index contributed by atoms with van der Waals surface area (Å²) in [5.74, 6) is -0.876. The molecule has 1 atom stereocenters. The number of carbonyl (C=O) groups is 3. The molecule has 6 heteroatoms. The monoisotopic (exact) mass is 1060 g/mol. The SMILES string of the molecule is CC/C=C\C/C=C\C/C=C\CCCCCCCC(=O)OCC(COC(=O)CCCCCCCCCCCCCCCCCCCCCCCCCCC)OC(=O)CCCCCCCCC/C=C\CCCCCCCCC. The van der Waals surface area contributed by atoms with Gasteiger partial charge in [-0.3, -0.25) is 14.4 Å². The van der Waals surface area contributed by atoms with Gasteiger partial charge in [0.15, 0.2) is 6.10 Å². The molecule has 0 aliphatic carbocycles. The van der Waals surface area contributed by atoms with E-state index in [0.717, 1.165) is 96.3 Å². The van der Waals surface area contributed by atoms with Crippen molar-refractivity contribution >= 4 is 17.9 Å². The maximum Gasteiger partial charge on any atom is 0.306 e. The van der Waals surface area contributed by atoms with Crippen LogP contribution >= 0.6 is 0 Å². The van der Waals surface area contributed by atoms with E-state index < -0.39 is 6.10 Å². The predicted octanol–water partition coefficient (Wildman–Crippen LogP) is 22.9. The molecule has 0 aliphatic rings. The molecule has 0 saturated carbocycles.